The van der Waals surface area contributed by atoms with E-state index in [0.717, 1.165) is 47.6 Å². The van der Waals surface area contributed by atoms with E-state index in [1.807, 2.05) is 24.3 Å². The minimum absolute atomic E-state index is 0.235. The monoisotopic (exact) mass is 385 g/mol. The van der Waals surface area contributed by atoms with Crippen molar-refractivity contribution in [3.8, 4) is 11.3 Å². The van der Waals surface area contributed by atoms with E-state index in [2.05, 4.69) is 20.1 Å². The van der Waals surface area contributed by atoms with Crippen molar-refractivity contribution in [3.05, 3.63) is 73.1 Å². The fourth-order valence-electron chi connectivity index (χ4n) is 3.46. The number of benzene rings is 1. The molecule has 1 aliphatic heterocycles. The van der Waals surface area contributed by atoms with Gasteiger partial charge in [-0.2, -0.15) is 5.10 Å². The van der Waals surface area contributed by atoms with Gasteiger partial charge < -0.3 is 4.98 Å². The van der Waals surface area contributed by atoms with Gasteiger partial charge in [0.05, 0.1) is 5.69 Å². The number of rotatable bonds is 4. The summed E-state index contributed by atoms with van der Waals surface area (Å²) in [5, 5.41) is 8.35. The summed E-state index contributed by atoms with van der Waals surface area (Å²) in [5.74, 6) is 0. The fourth-order valence-corrected chi connectivity index (χ4v) is 3.59. The lowest BCUT2D eigenvalue weighted by atomic mass is 10.0. The van der Waals surface area contributed by atoms with Gasteiger partial charge in [-0.1, -0.05) is 23.7 Å². The molecule has 4 rings (SSSR count). The molecule has 0 aliphatic carbocycles. The maximum Gasteiger partial charge on any atom is 0.328 e. The third kappa shape index (κ3) is 3.48. The second-order valence-corrected chi connectivity index (χ2v) is 7.23. The number of hydrogen-bond acceptors (Lipinski definition) is 4. The molecule has 1 aromatic carbocycles. The standard InChI is InChI=1S/C19H20ClN5O2/c1-24-18(26)13(10-21-19(24)27)6-8-25-9-7-16-15(11-25)17(23-22-16)12-2-4-14(20)5-3-12/h2-5,10H,6-9,11H2,1H3,(H,21,27)(H,22,23). The number of nitrogens with one attached hydrogen (secondary N) is 2. The molecule has 0 radical (unpaired) electrons. The first-order valence-corrected chi connectivity index (χ1v) is 9.22. The lowest BCUT2D eigenvalue weighted by Gasteiger charge is -2.27. The summed E-state index contributed by atoms with van der Waals surface area (Å²) in [6.07, 6.45) is 3.00. The van der Waals surface area contributed by atoms with Crippen molar-refractivity contribution in [1.82, 2.24) is 24.6 Å². The highest BCUT2D eigenvalue weighted by Gasteiger charge is 2.22. The number of halogens is 1. The molecule has 140 valence electrons. The summed E-state index contributed by atoms with van der Waals surface area (Å²) in [6, 6.07) is 7.68. The van der Waals surface area contributed by atoms with Crippen LogP contribution in [0.2, 0.25) is 5.02 Å². The first kappa shape index (κ1) is 17.8. The number of nitrogens with zero attached hydrogens (tertiary/aromatic N) is 3. The highest BCUT2D eigenvalue weighted by molar-refractivity contribution is 6.30. The van der Waals surface area contributed by atoms with E-state index in [0.29, 0.717) is 17.0 Å². The van der Waals surface area contributed by atoms with Gasteiger partial charge in [-0.15, -0.1) is 0 Å². The average Bonchev–Trinajstić information content (AvgIpc) is 3.09. The Labute approximate surface area is 160 Å². The van der Waals surface area contributed by atoms with E-state index in [-0.39, 0.29) is 5.56 Å². The summed E-state index contributed by atoms with van der Waals surface area (Å²) in [4.78, 5) is 28.6. The van der Waals surface area contributed by atoms with Crippen LogP contribution >= 0.6 is 11.6 Å². The summed E-state index contributed by atoms with van der Waals surface area (Å²) in [7, 11) is 1.49. The average molecular weight is 386 g/mol. The van der Waals surface area contributed by atoms with E-state index in [9.17, 15) is 9.59 Å². The quantitative estimate of drug-likeness (QED) is 0.716. The number of aromatic nitrogens is 4. The molecule has 1 aliphatic rings. The number of aromatic amines is 2. The van der Waals surface area contributed by atoms with Crippen LogP contribution in [0.1, 0.15) is 16.8 Å². The maximum absolute atomic E-state index is 12.2. The lowest BCUT2D eigenvalue weighted by Crippen LogP contribution is -2.37. The lowest BCUT2D eigenvalue weighted by molar-refractivity contribution is 0.256. The van der Waals surface area contributed by atoms with Crippen molar-refractivity contribution in [2.75, 3.05) is 13.1 Å². The van der Waals surface area contributed by atoms with Crippen molar-refractivity contribution in [2.24, 2.45) is 7.05 Å². The molecule has 27 heavy (non-hydrogen) atoms. The van der Waals surface area contributed by atoms with E-state index < -0.39 is 5.69 Å². The molecule has 0 saturated heterocycles. The molecule has 7 nitrogen and oxygen atoms in total. The molecule has 2 N–H and O–H groups in total. The predicted molar refractivity (Wildman–Crippen MR) is 104 cm³/mol. The van der Waals surface area contributed by atoms with Crippen molar-refractivity contribution in [3.63, 3.8) is 0 Å². The molecule has 3 heterocycles. The Morgan fingerprint density at radius 2 is 2.00 bits per heavy atom. The van der Waals surface area contributed by atoms with Crippen LogP contribution in [0.5, 0.6) is 0 Å². The van der Waals surface area contributed by atoms with Crippen molar-refractivity contribution < 1.29 is 0 Å². The van der Waals surface area contributed by atoms with Crippen molar-refractivity contribution in [2.45, 2.75) is 19.4 Å². The molecule has 0 saturated carbocycles. The molecule has 0 fully saturated rings. The molecule has 8 heteroatoms. The Balaban J connectivity index is 1.51. The molecular weight excluding hydrogens is 366 g/mol. The van der Waals surface area contributed by atoms with Gasteiger partial charge in [-0.05, 0) is 18.6 Å². The zero-order chi connectivity index (χ0) is 19.0. The molecule has 2 aromatic heterocycles. The Morgan fingerprint density at radius 3 is 2.78 bits per heavy atom. The smallest absolute Gasteiger partial charge is 0.314 e. The Kier molecular flexibility index (Phi) is 4.72. The van der Waals surface area contributed by atoms with E-state index >= 15 is 0 Å². The van der Waals surface area contributed by atoms with Gasteiger partial charge in [0.15, 0.2) is 0 Å². The Bertz CT molecular complexity index is 1080. The van der Waals surface area contributed by atoms with Gasteiger partial charge in [0.1, 0.15) is 0 Å². The van der Waals surface area contributed by atoms with E-state index in [4.69, 9.17) is 11.6 Å². The summed E-state index contributed by atoms with van der Waals surface area (Å²) in [6.45, 7) is 2.42. The molecule has 0 bridgehead atoms. The van der Waals surface area contributed by atoms with Crippen LogP contribution in [0.25, 0.3) is 11.3 Å². The molecule has 3 aromatic rings. The Morgan fingerprint density at radius 1 is 1.22 bits per heavy atom. The molecule has 0 atom stereocenters. The number of fused-ring (bicyclic) bond motifs is 1. The SMILES string of the molecule is Cn1c(=O)[nH]cc(CCN2CCc3[nH]nc(-c4ccc(Cl)cc4)c3C2)c1=O. The number of H-pyrrole nitrogens is 2. The first-order chi connectivity index (χ1) is 13.0. The fraction of sp³-hybridized carbons (Fsp3) is 0.316. The van der Waals surface area contributed by atoms with Gasteiger partial charge in [0.25, 0.3) is 5.56 Å². The molecule has 0 amide bonds. The second kappa shape index (κ2) is 7.17. The van der Waals surface area contributed by atoms with Crippen molar-refractivity contribution >= 4 is 11.6 Å². The third-order valence-electron chi connectivity index (χ3n) is 5.08. The van der Waals surface area contributed by atoms with Gasteiger partial charge >= 0.3 is 5.69 Å². The van der Waals surface area contributed by atoms with Gasteiger partial charge in [0, 0.05) is 66.7 Å². The Hall–Kier alpha value is -2.64. The number of hydrogen-bond donors (Lipinski definition) is 2. The zero-order valence-corrected chi connectivity index (χ0v) is 15.7. The van der Waals surface area contributed by atoms with E-state index in [1.165, 1.54) is 18.8 Å². The van der Waals surface area contributed by atoms with Gasteiger partial charge in [-0.3, -0.25) is 19.4 Å². The maximum atomic E-state index is 12.2. The third-order valence-corrected chi connectivity index (χ3v) is 5.33. The van der Waals surface area contributed by atoms with Crippen LogP contribution in [0.15, 0.2) is 40.1 Å². The van der Waals surface area contributed by atoms with Crippen LogP contribution in [-0.4, -0.2) is 37.7 Å². The summed E-state index contributed by atoms with van der Waals surface area (Å²) < 4.78 is 1.11. The zero-order valence-electron chi connectivity index (χ0n) is 15.0. The second-order valence-electron chi connectivity index (χ2n) is 6.80. The largest absolute Gasteiger partial charge is 0.328 e. The summed E-state index contributed by atoms with van der Waals surface area (Å²) >= 11 is 5.99. The molecular formula is C19H20ClN5O2. The minimum atomic E-state index is -0.391. The van der Waals surface area contributed by atoms with Crippen LogP contribution in [0.3, 0.4) is 0 Å². The van der Waals surface area contributed by atoms with Gasteiger partial charge in [0.2, 0.25) is 0 Å². The minimum Gasteiger partial charge on any atom is -0.314 e. The van der Waals surface area contributed by atoms with E-state index in [1.54, 1.807) is 0 Å². The topological polar surface area (TPSA) is 86.8 Å². The van der Waals surface area contributed by atoms with Crippen molar-refractivity contribution in [1.29, 1.82) is 0 Å². The normalized spacial score (nSPS) is 14.3. The molecule has 0 unspecified atom stereocenters. The predicted octanol–water partition coefficient (Wildman–Crippen LogP) is 1.72. The van der Waals surface area contributed by atoms with Crippen LogP contribution in [-0.2, 0) is 26.4 Å². The van der Waals surface area contributed by atoms with Crippen LogP contribution in [0.4, 0.5) is 0 Å². The molecule has 0 spiro atoms. The first-order valence-electron chi connectivity index (χ1n) is 8.85. The van der Waals surface area contributed by atoms with Crippen LogP contribution in [0, 0.1) is 0 Å². The highest BCUT2D eigenvalue weighted by atomic mass is 35.5. The summed E-state index contributed by atoms with van der Waals surface area (Å²) in [5.41, 5.74) is 4.33. The van der Waals surface area contributed by atoms with Crippen LogP contribution < -0.4 is 11.2 Å². The van der Waals surface area contributed by atoms with Gasteiger partial charge in [-0.25, -0.2) is 4.79 Å². The highest BCUT2D eigenvalue weighted by Crippen LogP contribution is 2.29.